The fourth-order valence-electron chi connectivity index (χ4n) is 2.32. The Morgan fingerprint density at radius 1 is 1.55 bits per heavy atom. The summed E-state index contributed by atoms with van der Waals surface area (Å²) in [6.45, 7) is 8.52. The first kappa shape index (κ1) is 14.8. The number of nitrogens with zero attached hydrogens (tertiary/aromatic N) is 2. The van der Waals surface area contributed by atoms with Crippen molar-refractivity contribution in [3.8, 4) is 0 Å². The molecule has 1 aromatic rings. The molecule has 0 aromatic carbocycles. The third-order valence-corrected chi connectivity index (χ3v) is 3.75. The molecule has 1 aromatic heterocycles. The van der Waals surface area contributed by atoms with Crippen molar-refractivity contribution in [3.63, 3.8) is 0 Å². The highest BCUT2D eigenvalue weighted by Gasteiger charge is 2.32. The summed E-state index contributed by atoms with van der Waals surface area (Å²) in [5.74, 6) is 0. The molecule has 1 aliphatic heterocycles. The Hall–Kier alpha value is -1.62. The number of rotatable bonds is 3. The number of hydrogen-bond acceptors (Lipinski definition) is 3. The molecule has 0 spiro atoms. The molecule has 2 rings (SSSR count). The summed E-state index contributed by atoms with van der Waals surface area (Å²) in [6, 6.07) is 2.00. The highest BCUT2D eigenvalue weighted by molar-refractivity contribution is 5.74. The quantitative estimate of drug-likeness (QED) is 0.920. The summed E-state index contributed by atoms with van der Waals surface area (Å²) < 4.78 is 5.74. The average Bonchev–Trinajstić information content (AvgIpc) is 2.45. The van der Waals surface area contributed by atoms with E-state index in [-0.39, 0.29) is 11.6 Å². The van der Waals surface area contributed by atoms with Crippen LogP contribution in [0.4, 0.5) is 4.79 Å². The zero-order chi connectivity index (χ0) is 14.6. The van der Waals surface area contributed by atoms with Gasteiger partial charge in [-0.3, -0.25) is 4.98 Å². The van der Waals surface area contributed by atoms with E-state index in [1.165, 1.54) is 0 Å². The van der Waals surface area contributed by atoms with Crippen molar-refractivity contribution in [2.45, 2.75) is 39.3 Å². The predicted molar refractivity (Wildman–Crippen MR) is 77.4 cm³/mol. The fraction of sp³-hybridized carbons (Fsp3) is 0.600. The Balaban J connectivity index is 1.88. The van der Waals surface area contributed by atoms with Gasteiger partial charge in [-0.05, 0) is 31.4 Å². The fourth-order valence-corrected chi connectivity index (χ4v) is 2.32. The monoisotopic (exact) mass is 277 g/mol. The van der Waals surface area contributed by atoms with E-state index in [1.807, 2.05) is 17.9 Å². The van der Waals surface area contributed by atoms with Gasteiger partial charge in [-0.1, -0.05) is 13.0 Å². The van der Waals surface area contributed by atoms with Crippen LogP contribution in [0.15, 0.2) is 18.5 Å². The highest BCUT2D eigenvalue weighted by Crippen LogP contribution is 2.20. The summed E-state index contributed by atoms with van der Waals surface area (Å²) in [4.78, 5) is 18.2. The minimum atomic E-state index is -0.222. The van der Waals surface area contributed by atoms with Crippen LogP contribution in [-0.2, 0) is 11.3 Å². The van der Waals surface area contributed by atoms with Gasteiger partial charge in [0.25, 0.3) is 0 Å². The number of carbonyl (C=O) groups excluding carboxylic acids is 1. The SMILES string of the molecule is CCC1(C)CN(C(=O)NCc2cncc(C)c2)CCO1. The van der Waals surface area contributed by atoms with E-state index >= 15 is 0 Å². The molecule has 5 heteroatoms. The summed E-state index contributed by atoms with van der Waals surface area (Å²) in [5, 5.41) is 2.95. The predicted octanol–water partition coefficient (Wildman–Crippen LogP) is 2.10. The zero-order valence-corrected chi connectivity index (χ0v) is 12.5. The Labute approximate surface area is 120 Å². The van der Waals surface area contributed by atoms with Crippen LogP contribution < -0.4 is 5.32 Å². The first-order chi connectivity index (χ1) is 9.52. The Bertz CT molecular complexity index is 478. The van der Waals surface area contributed by atoms with Gasteiger partial charge in [0.15, 0.2) is 0 Å². The number of amides is 2. The molecule has 20 heavy (non-hydrogen) atoms. The smallest absolute Gasteiger partial charge is 0.317 e. The van der Waals surface area contributed by atoms with Crippen LogP contribution in [0.5, 0.6) is 0 Å². The van der Waals surface area contributed by atoms with E-state index in [0.29, 0.717) is 26.2 Å². The number of aryl methyl sites for hydroxylation is 1. The van der Waals surface area contributed by atoms with Crippen molar-refractivity contribution in [3.05, 3.63) is 29.6 Å². The molecule has 110 valence electrons. The Morgan fingerprint density at radius 2 is 2.35 bits per heavy atom. The standard InChI is InChI=1S/C15H23N3O2/c1-4-15(3)11-18(5-6-20-15)14(19)17-10-13-7-12(2)8-16-9-13/h7-9H,4-6,10-11H2,1-3H3,(H,17,19). The molecule has 2 amide bonds. The second-order valence-corrected chi connectivity index (χ2v) is 5.60. The van der Waals surface area contributed by atoms with Gasteiger partial charge in [0.05, 0.1) is 18.8 Å². The first-order valence-corrected chi connectivity index (χ1v) is 7.10. The van der Waals surface area contributed by atoms with E-state index in [0.717, 1.165) is 17.5 Å². The van der Waals surface area contributed by atoms with Gasteiger partial charge in [0, 0.05) is 25.5 Å². The molecule has 1 N–H and O–H groups in total. The van der Waals surface area contributed by atoms with Crippen LogP contribution in [0.25, 0.3) is 0 Å². The maximum Gasteiger partial charge on any atom is 0.317 e. The summed E-state index contributed by atoms with van der Waals surface area (Å²) >= 11 is 0. The van der Waals surface area contributed by atoms with Crippen molar-refractivity contribution in [1.29, 1.82) is 0 Å². The minimum Gasteiger partial charge on any atom is -0.372 e. The molecule has 0 saturated carbocycles. The molecular weight excluding hydrogens is 254 g/mol. The van der Waals surface area contributed by atoms with Crippen LogP contribution in [0.3, 0.4) is 0 Å². The van der Waals surface area contributed by atoms with Crippen molar-refractivity contribution in [2.24, 2.45) is 0 Å². The van der Waals surface area contributed by atoms with E-state index in [2.05, 4.69) is 24.1 Å². The lowest BCUT2D eigenvalue weighted by molar-refractivity contribution is -0.0872. The lowest BCUT2D eigenvalue weighted by atomic mass is 10.0. The van der Waals surface area contributed by atoms with Gasteiger partial charge in [-0.2, -0.15) is 0 Å². The van der Waals surface area contributed by atoms with E-state index in [4.69, 9.17) is 4.74 Å². The second kappa shape index (κ2) is 6.22. The number of hydrogen-bond donors (Lipinski definition) is 1. The number of aromatic nitrogens is 1. The molecule has 5 nitrogen and oxygen atoms in total. The zero-order valence-electron chi connectivity index (χ0n) is 12.5. The van der Waals surface area contributed by atoms with Gasteiger partial charge in [0.1, 0.15) is 0 Å². The highest BCUT2D eigenvalue weighted by atomic mass is 16.5. The van der Waals surface area contributed by atoms with Gasteiger partial charge in [-0.15, -0.1) is 0 Å². The number of morpholine rings is 1. The molecule has 0 bridgehead atoms. The number of urea groups is 1. The van der Waals surface area contributed by atoms with Gasteiger partial charge in [0.2, 0.25) is 0 Å². The Morgan fingerprint density at radius 3 is 3.05 bits per heavy atom. The minimum absolute atomic E-state index is 0.0329. The third kappa shape index (κ3) is 3.70. The van der Waals surface area contributed by atoms with Gasteiger partial charge < -0.3 is 15.0 Å². The Kier molecular flexibility index (Phi) is 4.60. The molecule has 1 unspecified atom stereocenters. The summed E-state index contributed by atoms with van der Waals surface area (Å²) in [6.07, 6.45) is 4.49. The number of carbonyl (C=O) groups is 1. The lowest BCUT2D eigenvalue weighted by Gasteiger charge is -2.39. The van der Waals surface area contributed by atoms with E-state index < -0.39 is 0 Å². The van der Waals surface area contributed by atoms with Crippen molar-refractivity contribution >= 4 is 6.03 Å². The van der Waals surface area contributed by atoms with Crippen LogP contribution in [-0.4, -0.2) is 41.2 Å². The van der Waals surface area contributed by atoms with Crippen molar-refractivity contribution in [1.82, 2.24) is 15.2 Å². The average molecular weight is 277 g/mol. The van der Waals surface area contributed by atoms with Crippen LogP contribution in [0, 0.1) is 6.92 Å². The molecule has 2 heterocycles. The third-order valence-electron chi connectivity index (χ3n) is 3.75. The topological polar surface area (TPSA) is 54.5 Å². The van der Waals surface area contributed by atoms with Crippen LogP contribution in [0.1, 0.15) is 31.4 Å². The van der Waals surface area contributed by atoms with Crippen molar-refractivity contribution in [2.75, 3.05) is 19.7 Å². The van der Waals surface area contributed by atoms with E-state index in [9.17, 15) is 4.79 Å². The maximum atomic E-state index is 12.2. The molecular formula is C15H23N3O2. The maximum absolute atomic E-state index is 12.2. The lowest BCUT2D eigenvalue weighted by Crippen LogP contribution is -2.54. The van der Waals surface area contributed by atoms with Gasteiger partial charge in [-0.25, -0.2) is 4.79 Å². The summed E-state index contributed by atoms with van der Waals surface area (Å²) in [5.41, 5.74) is 1.90. The largest absolute Gasteiger partial charge is 0.372 e. The van der Waals surface area contributed by atoms with Crippen LogP contribution >= 0.6 is 0 Å². The van der Waals surface area contributed by atoms with Gasteiger partial charge >= 0.3 is 6.03 Å². The molecule has 1 saturated heterocycles. The number of nitrogens with one attached hydrogen (secondary N) is 1. The summed E-state index contributed by atoms with van der Waals surface area (Å²) in [7, 11) is 0. The normalized spacial score (nSPS) is 22.6. The molecule has 1 aliphatic rings. The molecule has 1 atom stereocenters. The molecule has 1 fully saturated rings. The number of pyridine rings is 1. The number of ether oxygens (including phenoxy) is 1. The second-order valence-electron chi connectivity index (χ2n) is 5.60. The van der Waals surface area contributed by atoms with Crippen molar-refractivity contribution < 1.29 is 9.53 Å². The first-order valence-electron chi connectivity index (χ1n) is 7.10. The molecule has 0 aliphatic carbocycles. The van der Waals surface area contributed by atoms with E-state index in [1.54, 1.807) is 12.4 Å². The molecule has 0 radical (unpaired) electrons. The van der Waals surface area contributed by atoms with Crippen LogP contribution in [0.2, 0.25) is 0 Å².